The molecule has 0 unspecified atom stereocenters. The second-order valence-corrected chi connectivity index (χ2v) is 4.94. The third-order valence-corrected chi connectivity index (χ3v) is 4.01. The normalized spacial score (nSPS) is 14.6. The minimum absolute atomic E-state index is 0.712. The van der Waals surface area contributed by atoms with E-state index in [4.69, 9.17) is 4.52 Å². The molecule has 0 radical (unpaired) electrons. The molecule has 16 heavy (non-hydrogen) atoms. The Hall–Kier alpha value is -1.31. The van der Waals surface area contributed by atoms with Gasteiger partial charge in [0.1, 0.15) is 0 Å². The molecule has 0 amide bonds. The largest absolute Gasteiger partial charge is 0.325 e. The molecular formula is C12H13N2OP. The van der Waals surface area contributed by atoms with Crippen molar-refractivity contribution in [2.24, 2.45) is 0 Å². The standard InChI is InChI=1S/C12H13N2OP/c1-2-15-16-13-10-7-3-5-9-6-4-8-11(14-16)12(9)10/h3-8,13-14H,2H2,1H3. The molecule has 1 heterocycles. The summed E-state index contributed by atoms with van der Waals surface area (Å²) in [5.41, 5.74) is 2.32. The lowest BCUT2D eigenvalue weighted by atomic mass is 10.1. The molecule has 0 fully saturated rings. The van der Waals surface area contributed by atoms with Crippen LogP contribution in [0.3, 0.4) is 0 Å². The second kappa shape index (κ2) is 3.93. The van der Waals surface area contributed by atoms with E-state index in [-0.39, 0.29) is 0 Å². The Balaban J connectivity index is 2.12. The van der Waals surface area contributed by atoms with Gasteiger partial charge < -0.3 is 14.7 Å². The van der Waals surface area contributed by atoms with Crippen LogP contribution >= 0.6 is 8.45 Å². The van der Waals surface area contributed by atoms with E-state index >= 15 is 0 Å². The van der Waals surface area contributed by atoms with Crippen molar-refractivity contribution in [3.8, 4) is 0 Å². The van der Waals surface area contributed by atoms with Crippen LogP contribution in [0.2, 0.25) is 0 Å². The highest BCUT2D eigenvalue weighted by atomic mass is 31.2. The summed E-state index contributed by atoms with van der Waals surface area (Å²) in [6.07, 6.45) is 0. The first-order valence-corrected chi connectivity index (χ1v) is 6.62. The first-order chi connectivity index (χ1) is 7.88. The number of rotatable bonds is 2. The summed E-state index contributed by atoms with van der Waals surface area (Å²) in [6, 6.07) is 12.6. The summed E-state index contributed by atoms with van der Waals surface area (Å²) in [7, 11) is -0.784. The van der Waals surface area contributed by atoms with Crippen LogP contribution in [-0.4, -0.2) is 6.61 Å². The lowest BCUT2D eigenvalue weighted by Gasteiger charge is -2.27. The second-order valence-electron chi connectivity index (χ2n) is 3.65. The first kappa shape index (κ1) is 9.88. The zero-order valence-electron chi connectivity index (χ0n) is 9.03. The van der Waals surface area contributed by atoms with Crippen LogP contribution in [0.5, 0.6) is 0 Å². The molecule has 4 heteroatoms. The smallest absolute Gasteiger partial charge is 0.242 e. The van der Waals surface area contributed by atoms with Crippen molar-refractivity contribution < 1.29 is 4.52 Å². The van der Waals surface area contributed by atoms with Gasteiger partial charge in [0.25, 0.3) is 0 Å². The van der Waals surface area contributed by atoms with E-state index < -0.39 is 8.45 Å². The van der Waals surface area contributed by atoms with Crippen molar-refractivity contribution in [1.29, 1.82) is 0 Å². The summed E-state index contributed by atoms with van der Waals surface area (Å²) < 4.78 is 5.61. The SMILES string of the molecule is CCOP1Nc2cccc3cccc(c23)N1. The number of nitrogens with one attached hydrogen (secondary N) is 2. The van der Waals surface area contributed by atoms with E-state index in [9.17, 15) is 0 Å². The summed E-state index contributed by atoms with van der Waals surface area (Å²) in [4.78, 5) is 0. The molecule has 1 aliphatic rings. The van der Waals surface area contributed by atoms with E-state index in [1.54, 1.807) is 0 Å². The van der Waals surface area contributed by atoms with Gasteiger partial charge >= 0.3 is 0 Å². The highest BCUT2D eigenvalue weighted by Gasteiger charge is 2.19. The van der Waals surface area contributed by atoms with Crippen LogP contribution < -0.4 is 10.2 Å². The molecule has 3 nitrogen and oxygen atoms in total. The van der Waals surface area contributed by atoms with Crippen LogP contribution in [0.4, 0.5) is 11.4 Å². The predicted molar refractivity (Wildman–Crippen MR) is 69.7 cm³/mol. The number of anilines is 2. The average molecular weight is 232 g/mol. The molecule has 0 saturated heterocycles. The van der Waals surface area contributed by atoms with Gasteiger partial charge in [0.05, 0.1) is 18.0 Å². The van der Waals surface area contributed by atoms with E-state index in [0.29, 0.717) is 6.61 Å². The van der Waals surface area contributed by atoms with Crippen molar-refractivity contribution in [1.82, 2.24) is 0 Å². The predicted octanol–water partition coefficient (Wildman–Crippen LogP) is 3.94. The Morgan fingerprint density at radius 3 is 2.25 bits per heavy atom. The minimum Gasteiger partial charge on any atom is -0.325 e. The zero-order chi connectivity index (χ0) is 11.0. The van der Waals surface area contributed by atoms with Gasteiger partial charge in [0.15, 0.2) is 0 Å². The molecule has 2 N–H and O–H groups in total. The van der Waals surface area contributed by atoms with Crippen molar-refractivity contribution in [2.75, 3.05) is 16.8 Å². The van der Waals surface area contributed by atoms with Gasteiger partial charge in [-0.15, -0.1) is 0 Å². The van der Waals surface area contributed by atoms with Gasteiger partial charge in [-0.1, -0.05) is 24.3 Å². The lowest BCUT2D eigenvalue weighted by Crippen LogP contribution is -2.09. The van der Waals surface area contributed by atoms with Crippen LogP contribution in [0, 0.1) is 0 Å². The first-order valence-electron chi connectivity index (χ1n) is 5.36. The number of hydrogen-bond acceptors (Lipinski definition) is 3. The van der Waals surface area contributed by atoms with Crippen molar-refractivity contribution in [3.63, 3.8) is 0 Å². The maximum absolute atomic E-state index is 5.61. The summed E-state index contributed by atoms with van der Waals surface area (Å²) in [6.45, 7) is 2.72. The third kappa shape index (κ3) is 1.53. The van der Waals surface area contributed by atoms with E-state index in [1.165, 1.54) is 10.8 Å². The van der Waals surface area contributed by atoms with E-state index in [2.05, 4.69) is 46.6 Å². The van der Waals surface area contributed by atoms with Gasteiger partial charge in [-0.05, 0) is 24.4 Å². The average Bonchev–Trinajstić information content (AvgIpc) is 2.30. The molecule has 2 aromatic carbocycles. The fraction of sp³-hybridized carbons (Fsp3) is 0.167. The Labute approximate surface area is 95.7 Å². The Kier molecular flexibility index (Phi) is 2.43. The molecular weight excluding hydrogens is 219 g/mol. The topological polar surface area (TPSA) is 33.3 Å². The summed E-state index contributed by atoms with van der Waals surface area (Å²) in [5.74, 6) is 0. The molecule has 1 aliphatic heterocycles. The molecule has 0 bridgehead atoms. The van der Waals surface area contributed by atoms with Crippen LogP contribution in [0.1, 0.15) is 6.92 Å². The Morgan fingerprint density at radius 1 is 1.06 bits per heavy atom. The van der Waals surface area contributed by atoms with Crippen molar-refractivity contribution in [3.05, 3.63) is 36.4 Å². The Morgan fingerprint density at radius 2 is 1.69 bits per heavy atom. The third-order valence-electron chi connectivity index (χ3n) is 2.61. The fourth-order valence-electron chi connectivity index (χ4n) is 1.97. The number of hydrogen-bond donors (Lipinski definition) is 2. The molecule has 3 rings (SSSR count). The number of benzene rings is 2. The van der Waals surface area contributed by atoms with Crippen molar-refractivity contribution in [2.45, 2.75) is 6.92 Å². The van der Waals surface area contributed by atoms with Gasteiger partial charge in [0, 0.05) is 5.39 Å². The molecule has 0 spiro atoms. The van der Waals surface area contributed by atoms with Crippen LogP contribution in [0.15, 0.2) is 36.4 Å². The molecule has 0 aromatic heterocycles. The van der Waals surface area contributed by atoms with E-state index in [1.807, 2.05) is 6.92 Å². The maximum Gasteiger partial charge on any atom is 0.242 e. The van der Waals surface area contributed by atoms with Crippen LogP contribution in [-0.2, 0) is 4.52 Å². The molecule has 0 atom stereocenters. The molecule has 82 valence electrons. The minimum atomic E-state index is -0.784. The highest BCUT2D eigenvalue weighted by molar-refractivity contribution is 7.56. The molecule has 2 aromatic rings. The van der Waals surface area contributed by atoms with Gasteiger partial charge in [-0.3, -0.25) is 0 Å². The zero-order valence-corrected chi connectivity index (χ0v) is 9.92. The van der Waals surface area contributed by atoms with Gasteiger partial charge in [0.2, 0.25) is 8.45 Å². The lowest BCUT2D eigenvalue weighted by molar-refractivity contribution is 0.383. The quantitative estimate of drug-likeness (QED) is 0.769. The van der Waals surface area contributed by atoms with Gasteiger partial charge in [-0.25, -0.2) is 0 Å². The monoisotopic (exact) mass is 232 g/mol. The summed E-state index contributed by atoms with van der Waals surface area (Å²) >= 11 is 0. The molecule has 0 aliphatic carbocycles. The van der Waals surface area contributed by atoms with Gasteiger partial charge in [-0.2, -0.15) is 0 Å². The fourth-order valence-corrected chi connectivity index (χ4v) is 3.22. The van der Waals surface area contributed by atoms with Crippen molar-refractivity contribution >= 4 is 30.6 Å². The Bertz CT molecular complexity index is 489. The molecule has 0 saturated carbocycles. The van der Waals surface area contributed by atoms with E-state index in [0.717, 1.165) is 11.4 Å². The van der Waals surface area contributed by atoms with Crippen LogP contribution in [0.25, 0.3) is 10.8 Å². The maximum atomic E-state index is 5.61. The highest BCUT2D eigenvalue weighted by Crippen LogP contribution is 2.47. The summed E-state index contributed by atoms with van der Waals surface area (Å²) in [5, 5.41) is 9.29.